The number of nitrogen functional groups attached to an aromatic ring is 1. The molecule has 80 valence electrons. The number of fused-ring (bicyclic) bond motifs is 1. The van der Waals surface area contributed by atoms with Crippen LogP contribution in [0.4, 0.5) is 10.5 Å². The summed E-state index contributed by atoms with van der Waals surface area (Å²) in [6.07, 6.45) is -1.02. The lowest BCUT2D eigenvalue weighted by Gasteiger charge is -2.09. The van der Waals surface area contributed by atoms with E-state index in [-0.39, 0.29) is 23.7 Å². The highest BCUT2D eigenvalue weighted by Crippen LogP contribution is 2.37. The van der Waals surface area contributed by atoms with E-state index in [1.807, 2.05) is 0 Å². The lowest BCUT2D eigenvalue weighted by Crippen LogP contribution is -2.23. The Kier molecular flexibility index (Phi) is 2.04. The first-order valence-corrected chi connectivity index (χ1v) is 4.93. The molecule has 1 aromatic heterocycles. The Balaban J connectivity index is 2.36. The average molecular weight is 228 g/mol. The fourth-order valence-electron chi connectivity index (χ4n) is 1.54. The predicted molar refractivity (Wildman–Crippen MR) is 53.0 cm³/mol. The van der Waals surface area contributed by atoms with E-state index in [0.717, 1.165) is 16.2 Å². The Labute approximate surface area is 88.5 Å². The third kappa shape index (κ3) is 1.40. The molecule has 2 rings (SSSR count). The van der Waals surface area contributed by atoms with Gasteiger partial charge in [-0.25, -0.2) is 9.59 Å². The summed E-state index contributed by atoms with van der Waals surface area (Å²) in [5, 5.41) is 17.5. The monoisotopic (exact) mass is 228 g/mol. The van der Waals surface area contributed by atoms with Crippen molar-refractivity contribution in [2.45, 2.75) is 13.1 Å². The van der Waals surface area contributed by atoms with Gasteiger partial charge in [0.05, 0.1) is 18.8 Å². The molecule has 6 nitrogen and oxygen atoms in total. The molecule has 0 aromatic carbocycles. The van der Waals surface area contributed by atoms with Gasteiger partial charge in [-0.1, -0.05) is 0 Å². The van der Waals surface area contributed by atoms with Gasteiger partial charge in [0.25, 0.3) is 0 Å². The van der Waals surface area contributed by atoms with Crippen molar-refractivity contribution in [2.75, 3.05) is 5.73 Å². The number of nitrogens with zero attached hydrogens (tertiary/aromatic N) is 1. The topological polar surface area (TPSA) is 104 Å². The van der Waals surface area contributed by atoms with Gasteiger partial charge in [-0.05, 0) is 0 Å². The number of amides is 1. The first-order chi connectivity index (χ1) is 7.00. The Morgan fingerprint density at radius 3 is 2.47 bits per heavy atom. The summed E-state index contributed by atoms with van der Waals surface area (Å²) in [4.78, 5) is 23.4. The first kappa shape index (κ1) is 9.78. The predicted octanol–water partition coefficient (Wildman–Crippen LogP) is 1.02. The summed E-state index contributed by atoms with van der Waals surface area (Å²) in [6.45, 7) is 0.410. The molecule has 0 atom stereocenters. The molecule has 1 amide bonds. The normalized spacial score (nSPS) is 14.0. The number of carboxylic acid groups (broad SMARTS) is 2. The molecule has 0 fully saturated rings. The van der Waals surface area contributed by atoms with Gasteiger partial charge in [0.1, 0.15) is 4.88 Å². The Morgan fingerprint density at radius 1 is 1.33 bits per heavy atom. The highest BCUT2D eigenvalue weighted by atomic mass is 32.1. The van der Waals surface area contributed by atoms with E-state index in [9.17, 15) is 9.59 Å². The number of anilines is 1. The molecule has 0 saturated heterocycles. The van der Waals surface area contributed by atoms with E-state index in [1.165, 1.54) is 4.90 Å². The van der Waals surface area contributed by atoms with Gasteiger partial charge in [-0.2, -0.15) is 0 Å². The van der Waals surface area contributed by atoms with Crippen LogP contribution in [0.3, 0.4) is 0 Å². The van der Waals surface area contributed by atoms with Gasteiger partial charge in [-0.15, -0.1) is 11.3 Å². The van der Waals surface area contributed by atoms with Crippen LogP contribution in [0.2, 0.25) is 0 Å². The quantitative estimate of drug-likeness (QED) is 0.665. The highest BCUT2D eigenvalue weighted by Gasteiger charge is 2.30. The fraction of sp³-hybridized carbons (Fsp3) is 0.250. The third-order valence-corrected chi connectivity index (χ3v) is 3.50. The zero-order valence-corrected chi connectivity index (χ0v) is 8.37. The number of hydrogen-bond acceptors (Lipinski definition) is 4. The molecule has 1 aromatic rings. The maximum atomic E-state index is 10.7. The molecule has 2 heterocycles. The average Bonchev–Trinajstić information content (AvgIpc) is 2.65. The second-order valence-corrected chi connectivity index (χ2v) is 4.30. The number of thiophene rings is 1. The van der Waals surface area contributed by atoms with Crippen molar-refractivity contribution in [3.63, 3.8) is 0 Å². The summed E-state index contributed by atoms with van der Waals surface area (Å²) < 4.78 is 0. The molecule has 0 spiro atoms. The molecule has 4 N–H and O–H groups in total. The van der Waals surface area contributed by atoms with Crippen molar-refractivity contribution in [3.8, 4) is 0 Å². The number of nitrogens with two attached hydrogens (primary N) is 1. The maximum Gasteiger partial charge on any atom is 0.407 e. The third-order valence-electron chi connectivity index (χ3n) is 2.28. The van der Waals surface area contributed by atoms with E-state index >= 15 is 0 Å². The zero-order valence-electron chi connectivity index (χ0n) is 7.56. The summed E-state index contributed by atoms with van der Waals surface area (Å²) in [6, 6.07) is 0. The smallest absolute Gasteiger partial charge is 0.407 e. The molecular formula is C8H8N2O4S. The number of aromatic carboxylic acids is 1. The van der Waals surface area contributed by atoms with Crippen LogP contribution >= 0.6 is 11.3 Å². The van der Waals surface area contributed by atoms with Gasteiger partial charge < -0.3 is 15.9 Å². The van der Waals surface area contributed by atoms with Crippen molar-refractivity contribution in [1.29, 1.82) is 0 Å². The van der Waals surface area contributed by atoms with Crippen LogP contribution in [0.25, 0.3) is 0 Å². The summed E-state index contributed by atoms with van der Waals surface area (Å²) in [5.41, 5.74) is 6.47. The van der Waals surface area contributed by atoms with Crippen molar-refractivity contribution in [2.24, 2.45) is 0 Å². The van der Waals surface area contributed by atoms with E-state index < -0.39 is 12.1 Å². The fourth-order valence-corrected chi connectivity index (χ4v) is 2.63. The van der Waals surface area contributed by atoms with E-state index in [1.54, 1.807) is 0 Å². The van der Waals surface area contributed by atoms with E-state index in [0.29, 0.717) is 5.56 Å². The number of rotatable bonds is 1. The molecular weight excluding hydrogens is 220 g/mol. The van der Waals surface area contributed by atoms with E-state index in [2.05, 4.69) is 0 Å². The maximum absolute atomic E-state index is 10.7. The van der Waals surface area contributed by atoms with Gasteiger partial charge >= 0.3 is 12.1 Å². The van der Waals surface area contributed by atoms with Crippen molar-refractivity contribution >= 4 is 29.1 Å². The van der Waals surface area contributed by atoms with Gasteiger partial charge in [0, 0.05) is 10.4 Å². The van der Waals surface area contributed by atoms with Gasteiger partial charge in [-0.3, -0.25) is 4.90 Å². The molecule has 0 radical (unpaired) electrons. The minimum atomic E-state index is -1.06. The Hall–Kier alpha value is -1.76. The molecule has 0 aliphatic carbocycles. The standard InChI is InChI=1S/C8H8N2O4S/c9-5-3-1-10(8(13)14)2-4(3)15-6(5)7(11)12/h1-2,9H2,(H,11,12)(H,13,14). The van der Waals surface area contributed by atoms with Gasteiger partial charge in [0.15, 0.2) is 0 Å². The van der Waals surface area contributed by atoms with Crippen LogP contribution in [0.15, 0.2) is 0 Å². The second kappa shape index (κ2) is 3.13. The molecule has 15 heavy (non-hydrogen) atoms. The number of carboxylic acids is 1. The first-order valence-electron chi connectivity index (χ1n) is 4.12. The molecule has 0 unspecified atom stereocenters. The molecule has 7 heteroatoms. The Morgan fingerprint density at radius 2 is 2.00 bits per heavy atom. The van der Waals surface area contributed by atoms with Crippen LogP contribution in [0.5, 0.6) is 0 Å². The zero-order chi connectivity index (χ0) is 11.2. The number of carbonyl (C=O) groups is 2. The second-order valence-electron chi connectivity index (χ2n) is 3.19. The summed E-state index contributed by atoms with van der Waals surface area (Å²) >= 11 is 1.05. The molecule has 0 saturated carbocycles. The van der Waals surface area contributed by atoms with Crippen molar-refractivity contribution < 1.29 is 19.8 Å². The summed E-state index contributed by atoms with van der Waals surface area (Å²) in [7, 11) is 0. The van der Waals surface area contributed by atoms with Crippen molar-refractivity contribution in [1.82, 2.24) is 4.90 Å². The lowest BCUT2D eigenvalue weighted by atomic mass is 10.2. The Bertz CT molecular complexity index is 454. The van der Waals surface area contributed by atoms with E-state index in [4.69, 9.17) is 15.9 Å². The number of hydrogen-bond donors (Lipinski definition) is 3. The largest absolute Gasteiger partial charge is 0.477 e. The molecule has 1 aliphatic rings. The van der Waals surface area contributed by atoms with Crippen LogP contribution in [-0.4, -0.2) is 27.2 Å². The van der Waals surface area contributed by atoms with Crippen LogP contribution < -0.4 is 5.73 Å². The lowest BCUT2D eigenvalue weighted by molar-refractivity contribution is 0.0703. The molecule has 0 bridgehead atoms. The van der Waals surface area contributed by atoms with Gasteiger partial charge in [0.2, 0.25) is 0 Å². The van der Waals surface area contributed by atoms with Crippen molar-refractivity contribution in [3.05, 3.63) is 15.3 Å². The highest BCUT2D eigenvalue weighted by molar-refractivity contribution is 7.14. The van der Waals surface area contributed by atoms with Crippen LogP contribution in [0, 0.1) is 0 Å². The van der Waals surface area contributed by atoms with Crippen LogP contribution in [0.1, 0.15) is 20.1 Å². The SMILES string of the molecule is Nc1c(C(=O)O)sc2c1CN(C(=O)O)C2. The summed E-state index contributed by atoms with van der Waals surface area (Å²) in [5.74, 6) is -1.06. The minimum absolute atomic E-state index is 0.102. The van der Waals surface area contributed by atoms with Crippen LogP contribution in [-0.2, 0) is 13.1 Å². The molecule has 1 aliphatic heterocycles. The minimum Gasteiger partial charge on any atom is -0.477 e.